The predicted octanol–water partition coefficient (Wildman–Crippen LogP) is 1.89. The standard InChI is InChI=1S/C4H10N.C3H7.3CH4O.Ti/c1-2-3-4-5;1-3-2;3*1-2;/h5H,2-4H2,1H3;1,3H2,2H3;3*2H,1H3;/q2*-1;;;;+2. The fourth-order valence-corrected chi connectivity index (χ4v) is 0.177. The number of hydrogen-bond donors (Lipinski definition) is 3. The quantitative estimate of drug-likeness (QED) is 0.523. The van der Waals surface area contributed by atoms with E-state index in [2.05, 4.69) is 13.8 Å². The second kappa shape index (κ2) is 129. The van der Waals surface area contributed by atoms with Gasteiger partial charge >= 0.3 is 21.7 Å². The Bertz CT molecular complexity index is 34.6. The van der Waals surface area contributed by atoms with Crippen LogP contribution in [0.3, 0.4) is 0 Å². The third-order valence-corrected chi connectivity index (χ3v) is 0.530. The first kappa shape index (κ1) is 36.1. The van der Waals surface area contributed by atoms with Crippen LogP contribution in [0.15, 0.2) is 0 Å². The van der Waals surface area contributed by atoms with Gasteiger partial charge in [0.1, 0.15) is 0 Å². The van der Waals surface area contributed by atoms with Crippen molar-refractivity contribution >= 4 is 0 Å². The molecule has 0 spiro atoms. The fraction of sp³-hybridized carbons (Fsp3) is 0.900. The van der Waals surface area contributed by atoms with Crippen LogP contribution in [0, 0.1) is 6.92 Å². The monoisotopic (exact) mass is 259 g/mol. The summed E-state index contributed by atoms with van der Waals surface area (Å²) in [7, 11) is 3.00. The maximum absolute atomic E-state index is 7.00. The molecule has 0 aliphatic rings. The van der Waals surface area contributed by atoms with Crippen LogP contribution in [-0.4, -0.2) is 43.2 Å². The number of aliphatic hydroxyl groups excluding tert-OH is 3. The molecule has 0 amide bonds. The van der Waals surface area contributed by atoms with Gasteiger partial charge in [0.25, 0.3) is 0 Å². The van der Waals surface area contributed by atoms with Gasteiger partial charge in [0.2, 0.25) is 0 Å². The predicted molar refractivity (Wildman–Crippen MR) is 64.2 cm³/mol. The van der Waals surface area contributed by atoms with Crippen molar-refractivity contribution in [2.24, 2.45) is 0 Å². The van der Waals surface area contributed by atoms with Gasteiger partial charge < -0.3 is 28.0 Å². The minimum Gasteiger partial charge on any atom is -0.677 e. The third kappa shape index (κ3) is 352. The molecule has 4 nitrogen and oxygen atoms in total. The molecule has 0 atom stereocenters. The van der Waals surface area contributed by atoms with Crippen LogP contribution in [0.1, 0.15) is 33.1 Å². The molecule has 0 aromatic heterocycles. The van der Waals surface area contributed by atoms with E-state index in [0.29, 0.717) is 6.54 Å². The molecule has 0 aliphatic heterocycles. The molecule has 0 rings (SSSR count). The minimum absolute atomic E-state index is 0. The third-order valence-electron chi connectivity index (χ3n) is 0.530. The zero-order valence-corrected chi connectivity index (χ0v) is 12.4. The SMILES string of the molecule is CCCC[NH-].CO.CO.CO.[CH2-]CC.[Ti+2]. The Morgan fingerprint density at radius 2 is 1.13 bits per heavy atom. The van der Waals surface area contributed by atoms with Crippen LogP contribution in [0.25, 0.3) is 5.73 Å². The van der Waals surface area contributed by atoms with Crippen LogP contribution < -0.4 is 0 Å². The van der Waals surface area contributed by atoms with Gasteiger partial charge in [-0.1, -0.05) is 26.7 Å². The molecular weight excluding hydrogens is 230 g/mol. The van der Waals surface area contributed by atoms with Gasteiger partial charge in [-0.05, 0) is 0 Å². The molecule has 15 heavy (non-hydrogen) atoms. The fourth-order valence-electron chi connectivity index (χ4n) is 0.177. The zero-order valence-electron chi connectivity index (χ0n) is 10.9. The minimum atomic E-state index is 0. The summed E-state index contributed by atoms with van der Waals surface area (Å²) in [4.78, 5) is 0. The smallest absolute Gasteiger partial charge is 0.677 e. The number of unbranched alkanes of at least 4 members (excludes halogenated alkanes) is 1. The van der Waals surface area contributed by atoms with Crippen LogP contribution in [-0.2, 0) is 21.7 Å². The molecule has 0 radical (unpaired) electrons. The van der Waals surface area contributed by atoms with E-state index in [1.54, 1.807) is 0 Å². The van der Waals surface area contributed by atoms with Crippen LogP contribution in [0.2, 0.25) is 0 Å². The van der Waals surface area contributed by atoms with Crippen LogP contribution in [0.4, 0.5) is 0 Å². The number of hydrogen-bond acceptors (Lipinski definition) is 3. The Balaban J connectivity index is -0.0000000179. The molecule has 0 unspecified atom stereocenters. The molecule has 0 saturated heterocycles. The zero-order chi connectivity index (χ0) is 12.8. The molecule has 5 heteroatoms. The second-order valence-electron chi connectivity index (χ2n) is 1.60. The molecule has 0 aromatic carbocycles. The molecule has 0 bridgehead atoms. The van der Waals surface area contributed by atoms with Crippen molar-refractivity contribution in [3.63, 3.8) is 0 Å². The topological polar surface area (TPSA) is 84.5 Å². The van der Waals surface area contributed by atoms with Crippen LogP contribution in [0.5, 0.6) is 0 Å². The van der Waals surface area contributed by atoms with Crippen LogP contribution >= 0.6 is 0 Å². The van der Waals surface area contributed by atoms with Crippen molar-refractivity contribution in [2.75, 3.05) is 27.9 Å². The normalized spacial score (nSPS) is 5.20. The van der Waals surface area contributed by atoms with Gasteiger partial charge in [0, 0.05) is 21.3 Å². The first-order valence-electron chi connectivity index (χ1n) is 4.61. The van der Waals surface area contributed by atoms with E-state index >= 15 is 0 Å². The number of nitrogens with one attached hydrogen (secondary N) is 1. The number of aliphatic hydroxyl groups is 3. The Kier molecular flexibility index (Phi) is 310. The van der Waals surface area contributed by atoms with Gasteiger partial charge in [-0.3, -0.25) is 0 Å². The molecule has 0 aliphatic carbocycles. The molecule has 0 fully saturated rings. The summed E-state index contributed by atoms with van der Waals surface area (Å²) in [6, 6.07) is 0. The summed E-state index contributed by atoms with van der Waals surface area (Å²) in [5.41, 5.74) is 6.60. The summed E-state index contributed by atoms with van der Waals surface area (Å²) >= 11 is 0. The van der Waals surface area contributed by atoms with Crippen molar-refractivity contribution in [3.8, 4) is 0 Å². The summed E-state index contributed by atoms with van der Waals surface area (Å²) < 4.78 is 0. The van der Waals surface area contributed by atoms with E-state index in [4.69, 9.17) is 21.1 Å². The average Bonchev–Trinajstić information content (AvgIpc) is 2.29. The van der Waals surface area contributed by atoms with Gasteiger partial charge in [0.15, 0.2) is 0 Å². The van der Waals surface area contributed by atoms with Gasteiger partial charge in [-0.15, -0.1) is 0 Å². The van der Waals surface area contributed by atoms with Gasteiger partial charge in [-0.25, -0.2) is 0 Å². The van der Waals surface area contributed by atoms with Crippen molar-refractivity contribution in [1.82, 2.24) is 0 Å². The summed E-state index contributed by atoms with van der Waals surface area (Å²) in [5.74, 6) is 0. The molecule has 0 aromatic rings. The molecule has 96 valence electrons. The van der Waals surface area contributed by atoms with Gasteiger partial charge in [0.05, 0.1) is 0 Å². The van der Waals surface area contributed by atoms with Crippen molar-refractivity contribution in [2.45, 2.75) is 33.1 Å². The molecular formula is C10H29NO3Ti. The van der Waals surface area contributed by atoms with Crippen molar-refractivity contribution in [1.29, 1.82) is 0 Å². The number of rotatable bonds is 2. The largest absolute Gasteiger partial charge is 2.00 e. The van der Waals surface area contributed by atoms with Crippen molar-refractivity contribution in [3.05, 3.63) is 12.7 Å². The van der Waals surface area contributed by atoms with E-state index in [1.807, 2.05) is 6.92 Å². The molecule has 4 N–H and O–H groups in total. The van der Waals surface area contributed by atoms with Gasteiger partial charge in [-0.2, -0.15) is 13.0 Å². The average molecular weight is 259 g/mol. The maximum atomic E-state index is 7.00. The van der Waals surface area contributed by atoms with Crippen molar-refractivity contribution < 1.29 is 37.0 Å². The first-order chi connectivity index (χ1) is 6.83. The Morgan fingerprint density at radius 1 is 0.933 bits per heavy atom. The van der Waals surface area contributed by atoms with E-state index in [9.17, 15) is 0 Å². The van der Waals surface area contributed by atoms with E-state index < -0.39 is 0 Å². The summed E-state index contributed by atoms with van der Waals surface area (Å²) in [6.07, 6.45) is 3.21. The summed E-state index contributed by atoms with van der Waals surface area (Å²) in [5, 5.41) is 21.0. The maximum Gasteiger partial charge on any atom is 2.00 e. The Morgan fingerprint density at radius 3 is 1.13 bits per heavy atom. The Labute approximate surface area is 111 Å². The summed E-state index contributed by atoms with van der Waals surface area (Å²) in [6.45, 7) is 8.19. The Hall–Kier alpha value is 0.554. The molecule has 0 heterocycles. The van der Waals surface area contributed by atoms with E-state index in [0.717, 1.165) is 40.6 Å². The second-order valence-corrected chi connectivity index (χ2v) is 1.60. The van der Waals surface area contributed by atoms with E-state index in [-0.39, 0.29) is 21.7 Å². The first-order valence-corrected chi connectivity index (χ1v) is 4.61. The molecule has 0 saturated carbocycles. The van der Waals surface area contributed by atoms with E-state index in [1.165, 1.54) is 0 Å².